The molecule has 0 heterocycles. The Labute approximate surface area is 121 Å². The molecule has 0 aromatic carbocycles. The maximum absolute atomic E-state index is 6.30. The third kappa shape index (κ3) is 7.31. The highest BCUT2D eigenvalue weighted by molar-refractivity contribution is 4.80. The first kappa shape index (κ1) is 18.9. The summed E-state index contributed by atoms with van der Waals surface area (Å²) in [7, 11) is 0. The second-order valence-corrected chi connectivity index (χ2v) is 7.83. The van der Waals surface area contributed by atoms with E-state index in [1.54, 1.807) is 0 Å². The van der Waals surface area contributed by atoms with Crippen molar-refractivity contribution in [3.63, 3.8) is 0 Å². The van der Waals surface area contributed by atoms with E-state index in [-0.39, 0.29) is 5.41 Å². The number of hydrogen-bond donors (Lipinski definition) is 2. The second kappa shape index (κ2) is 8.26. The fourth-order valence-corrected chi connectivity index (χ4v) is 2.48. The fraction of sp³-hybridized carbons (Fsp3) is 1.00. The van der Waals surface area contributed by atoms with Gasteiger partial charge in [-0.05, 0) is 36.0 Å². The van der Waals surface area contributed by atoms with Crippen molar-refractivity contribution in [1.29, 1.82) is 0 Å². The average molecular weight is 271 g/mol. The molecule has 5 atom stereocenters. The van der Waals surface area contributed by atoms with Gasteiger partial charge in [-0.25, -0.2) is 0 Å². The molecule has 0 bridgehead atoms. The van der Waals surface area contributed by atoms with E-state index >= 15 is 0 Å². The summed E-state index contributed by atoms with van der Waals surface area (Å²) in [5, 5.41) is 0. The number of nitrogens with two attached hydrogens (primary N) is 2. The normalized spacial score (nSPS) is 20.7. The van der Waals surface area contributed by atoms with Crippen LogP contribution in [0.2, 0.25) is 0 Å². The fourth-order valence-electron chi connectivity index (χ4n) is 2.48. The minimum absolute atomic E-state index is 0.215. The van der Waals surface area contributed by atoms with Crippen molar-refractivity contribution in [2.24, 2.45) is 34.6 Å². The van der Waals surface area contributed by atoms with E-state index in [0.29, 0.717) is 29.8 Å². The van der Waals surface area contributed by atoms with Crippen LogP contribution < -0.4 is 11.5 Å². The summed E-state index contributed by atoms with van der Waals surface area (Å²) in [6.07, 6.45) is 4.77. The highest BCUT2D eigenvalue weighted by Crippen LogP contribution is 2.26. The zero-order chi connectivity index (χ0) is 15.2. The summed E-state index contributed by atoms with van der Waals surface area (Å²) >= 11 is 0. The van der Waals surface area contributed by atoms with Crippen LogP contribution in [0.25, 0.3) is 0 Å². The van der Waals surface area contributed by atoms with Crippen LogP contribution in [-0.2, 0) is 0 Å². The second-order valence-electron chi connectivity index (χ2n) is 7.83. The molecular weight excluding hydrogens is 232 g/mol. The summed E-state index contributed by atoms with van der Waals surface area (Å²) in [5.74, 6) is 1.94. The Balaban J connectivity index is 4.06. The van der Waals surface area contributed by atoms with Gasteiger partial charge in [-0.1, -0.05) is 61.3 Å². The maximum atomic E-state index is 6.30. The molecule has 116 valence electrons. The zero-order valence-electron chi connectivity index (χ0n) is 14.4. The van der Waals surface area contributed by atoms with Gasteiger partial charge >= 0.3 is 0 Å². The first-order valence-electron chi connectivity index (χ1n) is 8.10. The highest BCUT2D eigenvalue weighted by Gasteiger charge is 2.23. The Hall–Kier alpha value is -0.0800. The molecule has 0 amide bonds. The van der Waals surface area contributed by atoms with Gasteiger partial charge in [0.2, 0.25) is 0 Å². The highest BCUT2D eigenvalue weighted by atomic mass is 14.7. The first-order chi connectivity index (χ1) is 8.59. The van der Waals surface area contributed by atoms with Crippen molar-refractivity contribution in [2.75, 3.05) is 0 Å². The monoisotopic (exact) mass is 270 g/mol. The van der Waals surface area contributed by atoms with E-state index in [1.165, 1.54) is 19.3 Å². The van der Waals surface area contributed by atoms with E-state index in [2.05, 4.69) is 48.5 Å². The molecule has 0 aromatic heterocycles. The predicted octanol–water partition coefficient (Wildman–Crippen LogP) is 4.18. The van der Waals surface area contributed by atoms with Crippen molar-refractivity contribution in [3.05, 3.63) is 0 Å². The minimum atomic E-state index is 0.215. The van der Waals surface area contributed by atoms with Gasteiger partial charge in [0.05, 0.1) is 0 Å². The summed E-state index contributed by atoms with van der Waals surface area (Å²) in [6.45, 7) is 15.8. The molecule has 5 unspecified atom stereocenters. The molecule has 4 N–H and O–H groups in total. The summed E-state index contributed by atoms with van der Waals surface area (Å²) in [6, 6.07) is 0.634. The third-order valence-electron chi connectivity index (χ3n) is 4.84. The van der Waals surface area contributed by atoms with Gasteiger partial charge in [0.25, 0.3) is 0 Å². The Morgan fingerprint density at radius 3 is 1.84 bits per heavy atom. The van der Waals surface area contributed by atoms with Crippen LogP contribution in [0.4, 0.5) is 0 Å². The standard InChI is InChI=1S/C17H38N2/c1-8-13(3)16(19)14(4)10-9-12(2)11-15(18)17(5,6)7/h12-16H,8-11,18-19H2,1-7H3. The Kier molecular flexibility index (Phi) is 8.23. The Bertz CT molecular complexity index is 232. The van der Waals surface area contributed by atoms with Gasteiger partial charge in [-0.15, -0.1) is 0 Å². The molecule has 2 nitrogen and oxygen atoms in total. The van der Waals surface area contributed by atoms with E-state index in [4.69, 9.17) is 11.5 Å². The SMILES string of the molecule is CCC(C)C(N)C(C)CCC(C)CC(N)C(C)(C)C. The lowest BCUT2D eigenvalue weighted by molar-refractivity contribution is 0.252. The van der Waals surface area contributed by atoms with Crippen LogP contribution in [0.3, 0.4) is 0 Å². The van der Waals surface area contributed by atoms with E-state index in [1.807, 2.05) is 0 Å². The van der Waals surface area contributed by atoms with Crippen LogP contribution >= 0.6 is 0 Å². The first-order valence-corrected chi connectivity index (χ1v) is 8.10. The van der Waals surface area contributed by atoms with Crippen molar-refractivity contribution in [1.82, 2.24) is 0 Å². The van der Waals surface area contributed by atoms with Gasteiger partial charge in [0, 0.05) is 12.1 Å². The molecule has 0 fully saturated rings. The minimum Gasteiger partial charge on any atom is -0.327 e. The van der Waals surface area contributed by atoms with Crippen LogP contribution in [0.5, 0.6) is 0 Å². The summed E-state index contributed by atoms with van der Waals surface area (Å²) in [5.41, 5.74) is 12.8. The lowest BCUT2D eigenvalue weighted by Crippen LogP contribution is -2.37. The van der Waals surface area contributed by atoms with Crippen molar-refractivity contribution < 1.29 is 0 Å². The number of hydrogen-bond acceptors (Lipinski definition) is 2. The molecule has 0 saturated carbocycles. The average Bonchev–Trinajstić information content (AvgIpc) is 2.32. The van der Waals surface area contributed by atoms with Gasteiger partial charge in [0.15, 0.2) is 0 Å². The van der Waals surface area contributed by atoms with E-state index < -0.39 is 0 Å². The molecule has 0 radical (unpaired) electrons. The smallest absolute Gasteiger partial charge is 0.00902 e. The quantitative estimate of drug-likeness (QED) is 0.695. The molecule has 0 aliphatic carbocycles. The van der Waals surface area contributed by atoms with Crippen molar-refractivity contribution >= 4 is 0 Å². The lowest BCUT2D eigenvalue weighted by atomic mass is 9.80. The van der Waals surface area contributed by atoms with E-state index in [0.717, 1.165) is 6.42 Å². The van der Waals surface area contributed by atoms with Gasteiger partial charge in [-0.3, -0.25) is 0 Å². The van der Waals surface area contributed by atoms with Crippen LogP contribution in [0.1, 0.15) is 74.1 Å². The molecule has 0 rings (SSSR count). The van der Waals surface area contributed by atoms with Gasteiger partial charge < -0.3 is 11.5 Å². The lowest BCUT2D eigenvalue weighted by Gasteiger charge is -2.30. The molecular formula is C17H38N2. The predicted molar refractivity (Wildman–Crippen MR) is 87.0 cm³/mol. The Morgan fingerprint density at radius 2 is 1.42 bits per heavy atom. The van der Waals surface area contributed by atoms with Crippen molar-refractivity contribution in [2.45, 2.75) is 86.2 Å². The van der Waals surface area contributed by atoms with Crippen molar-refractivity contribution in [3.8, 4) is 0 Å². The largest absolute Gasteiger partial charge is 0.327 e. The molecule has 0 aliphatic rings. The third-order valence-corrected chi connectivity index (χ3v) is 4.84. The Morgan fingerprint density at radius 1 is 0.895 bits per heavy atom. The summed E-state index contributed by atoms with van der Waals surface area (Å²) in [4.78, 5) is 0. The van der Waals surface area contributed by atoms with Crippen LogP contribution in [-0.4, -0.2) is 12.1 Å². The van der Waals surface area contributed by atoms with Crippen LogP contribution in [0, 0.1) is 23.2 Å². The van der Waals surface area contributed by atoms with Gasteiger partial charge in [0.1, 0.15) is 0 Å². The summed E-state index contributed by atoms with van der Waals surface area (Å²) < 4.78 is 0. The maximum Gasteiger partial charge on any atom is 0.00902 e. The van der Waals surface area contributed by atoms with Crippen LogP contribution in [0.15, 0.2) is 0 Å². The van der Waals surface area contributed by atoms with Gasteiger partial charge in [-0.2, -0.15) is 0 Å². The number of rotatable bonds is 8. The molecule has 2 heteroatoms. The van der Waals surface area contributed by atoms with E-state index in [9.17, 15) is 0 Å². The zero-order valence-corrected chi connectivity index (χ0v) is 14.4. The molecule has 0 spiro atoms. The molecule has 0 aliphatic heterocycles. The topological polar surface area (TPSA) is 52.0 Å². The molecule has 19 heavy (non-hydrogen) atoms. The molecule has 0 aromatic rings. The molecule has 0 saturated heterocycles.